The fourth-order valence-corrected chi connectivity index (χ4v) is 3.82. The molecule has 0 radical (unpaired) electrons. The van der Waals surface area contributed by atoms with Crippen molar-refractivity contribution in [2.45, 2.75) is 62.8 Å². The minimum Gasteiger partial charge on any atom is -1.00 e. The van der Waals surface area contributed by atoms with E-state index >= 15 is 0 Å². The van der Waals surface area contributed by atoms with Gasteiger partial charge in [-0.25, -0.2) is 0 Å². The number of carboxylic acid groups (broad SMARTS) is 1. The van der Waals surface area contributed by atoms with E-state index in [-0.39, 0.29) is 75.6 Å². The van der Waals surface area contributed by atoms with Crippen LogP contribution in [0.15, 0.2) is 23.1 Å². The Morgan fingerprint density at radius 2 is 1.92 bits per heavy atom. The van der Waals surface area contributed by atoms with Gasteiger partial charge in [0.05, 0.1) is 4.90 Å². The van der Waals surface area contributed by atoms with Crippen LogP contribution in [0.2, 0.25) is 0 Å². The molecule has 1 heterocycles. The summed E-state index contributed by atoms with van der Waals surface area (Å²) in [6.45, 7) is 7.02. The van der Waals surface area contributed by atoms with Crippen LogP contribution in [-0.2, 0) is 20.3 Å². The molecule has 1 aromatic carbocycles. The third kappa shape index (κ3) is 5.28. The average Bonchev–Trinajstić information content (AvgIpc) is 2.66. The van der Waals surface area contributed by atoms with E-state index in [1.165, 1.54) is 6.07 Å². The van der Waals surface area contributed by atoms with Crippen molar-refractivity contribution in [3.8, 4) is 0 Å². The molecule has 136 valence electrons. The Hall–Kier alpha value is 0.0364. The van der Waals surface area contributed by atoms with Crippen molar-refractivity contribution in [3.63, 3.8) is 0 Å². The van der Waals surface area contributed by atoms with E-state index in [9.17, 15) is 17.8 Å². The molecule has 6 nitrogen and oxygen atoms in total. The van der Waals surface area contributed by atoms with Crippen LogP contribution in [0.3, 0.4) is 0 Å². The molecular formula is C17H26KNO5S. The maximum absolute atomic E-state index is 11.4. The molecule has 0 saturated carbocycles. The van der Waals surface area contributed by atoms with Crippen molar-refractivity contribution >= 4 is 21.8 Å². The summed E-state index contributed by atoms with van der Waals surface area (Å²) in [6, 6.07) is 4.93. The van der Waals surface area contributed by atoms with E-state index in [1.54, 1.807) is 12.1 Å². The van der Waals surface area contributed by atoms with E-state index in [2.05, 4.69) is 25.7 Å². The number of hydrogen-bond acceptors (Lipinski definition) is 4. The van der Waals surface area contributed by atoms with Gasteiger partial charge in [-0.2, -0.15) is 8.42 Å². The van der Waals surface area contributed by atoms with Crippen LogP contribution in [0, 0.1) is 0 Å². The fourth-order valence-electron chi connectivity index (χ4n) is 3.31. The molecule has 0 amide bonds. The Balaban J connectivity index is 0.00000312. The summed E-state index contributed by atoms with van der Waals surface area (Å²) >= 11 is 0. The van der Waals surface area contributed by atoms with Crippen molar-refractivity contribution in [2.24, 2.45) is 0 Å². The topological polar surface area (TPSA) is 94.9 Å². The molecule has 0 bridgehead atoms. The molecule has 25 heavy (non-hydrogen) atoms. The zero-order chi connectivity index (χ0) is 18.1. The van der Waals surface area contributed by atoms with Crippen molar-refractivity contribution in [2.75, 3.05) is 11.4 Å². The van der Waals surface area contributed by atoms with Crippen molar-refractivity contribution in [1.29, 1.82) is 0 Å². The van der Waals surface area contributed by atoms with Crippen LogP contribution in [0.4, 0.5) is 5.69 Å². The number of unbranched alkanes of at least 4 members (excludes halogenated alkanes) is 2. The molecule has 0 aromatic heterocycles. The molecule has 1 atom stereocenters. The second kappa shape index (κ2) is 8.82. The van der Waals surface area contributed by atoms with E-state index in [1.807, 2.05) is 0 Å². The van der Waals surface area contributed by atoms with Gasteiger partial charge in [0.2, 0.25) is 0 Å². The number of carboxylic acids is 1. The molecule has 0 aliphatic carbocycles. The summed E-state index contributed by atoms with van der Waals surface area (Å²) in [5, 5.41) is 8.68. The molecule has 0 saturated heterocycles. The first kappa shape index (κ1) is 23.1. The molecule has 2 N–H and O–H groups in total. The first-order valence-corrected chi connectivity index (χ1v) is 9.59. The second-order valence-electron chi connectivity index (χ2n) is 6.95. The van der Waals surface area contributed by atoms with Gasteiger partial charge in [-0.15, -0.1) is 0 Å². The van der Waals surface area contributed by atoms with Gasteiger partial charge in [-0.1, -0.05) is 20.3 Å². The largest absolute Gasteiger partial charge is 1.00 e. The molecule has 1 aliphatic heterocycles. The number of nitrogens with zero attached hydrogens (tertiary/aromatic N) is 1. The summed E-state index contributed by atoms with van der Waals surface area (Å²) < 4.78 is 32.1. The smallest absolute Gasteiger partial charge is 1.00 e. The van der Waals surface area contributed by atoms with Gasteiger partial charge in [-0.3, -0.25) is 9.35 Å². The molecule has 1 unspecified atom stereocenters. The first-order valence-electron chi connectivity index (χ1n) is 8.15. The fraction of sp³-hybridized carbons (Fsp3) is 0.588. The zero-order valence-corrected chi connectivity index (χ0v) is 19.3. The van der Waals surface area contributed by atoms with Crippen LogP contribution in [-0.4, -0.2) is 36.6 Å². The van der Waals surface area contributed by atoms with Crippen LogP contribution >= 0.6 is 0 Å². The molecule has 0 spiro atoms. The van der Waals surface area contributed by atoms with Gasteiger partial charge in [0.1, 0.15) is 0 Å². The Morgan fingerprint density at radius 1 is 1.28 bits per heavy atom. The van der Waals surface area contributed by atoms with Gasteiger partial charge in [0, 0.05) is 30.1 Å². The molecule has 0 fully saturated rings. The third-order valence-electron chi connectivity index (χ3n) is 5.07. The summed E-state index contributed by atoms with van der Waals surface area (Å²) in [5.74, 6) is -0.770. The molecular weight excluding hydrogens is 369 g/mol. The Morgan fingerprint density at radius 3 is 2.48 bits per heavy atom. The van der Waals surface area contributed by atoms with E-state index in [4.69, 9.17) is 5.11 Å². The minimum absolute atomic E-state index is 0. The Kier molecular flexibility index (Phi) is 8.14. The van der Waals surface area contributed by atoms with Gasteiger partial charge in [0.25, 0.3) is 10.1 Å². The van der Waals surface area contributed by atoms with Gasteiger partial charge >= 0.3 is 57.4 Å². The van der Waals surface area contributed by atoms with Crippen molar-refractivity contribution < 1.29 is 75.7 Å². The number of benzene rings is 1. The predicted octanol–water partition coefficient (Wildman–Crippen LogP) is 0.181. The normalized spacial score (nSPS) is 18.6. The Bertz CT molecular complexity index is 739. The van der Waals surface area contributed by atoms with Gasteiger partial charge < -0.3 is 11.4 Å². The molecule has 1 aromatic rings. The third-order valence-corrected chi connectivity index (χ3v) is 5.92. The van der Waals surface area contributed by atoms with Crippen LogP contribution in [0.5, 0.6) is 0 Å². The van der Waals surface area contributed by atoms with Crippen LogP contribution in [0.1, 0.15) is 53.4 Å². The SMILES string of the molecule is CC1N(CCCCCC(=O)O)c2ccc(S(=O)(=O)O)cc2C1(C)C.[H-].[K+]. The zero-order valence-electron chi connectivity index (χ0n) is 16.3. The Labute approximate surface area is 193 Å². The maximum Gasteiger partial charge on any atom is 1.00 e. The van der Waals surface area contributed by atoms with Gasteiger partial charge in [-0.05, 0) is 43.5 Å². The van der Waals surface area contributed by atoms with E-state index in [0.717, 1.165) is 30.6 Å². The van der Waals surface area contributed by atoms with Crippen LogP contribution in [0.25, 0.3) is 0 Å². The van der Waals surface area contributed by atoms with E-state index < -0.39 is 16.1 Å². The van der Waals surface area contributed by atoms with E-state index in [0.29, 0.717) is 6.42 Å². The van der Waals surface area contributed by atoms with Crippen molar-refractivity contribution in [1.82, 2.24) is 0 Å². The molecule has 8 heteroatoms. The summed E-state index contributed by atoms with van der Waals surface area (Å²) in [4.78, 5) is 12.7. The summed E-state index contributed by atoms with van der Waals surface area (Å²) in [6.07, 6.45) is 2.58. The van der Waals surface area contributed by atoms with Crippen molar-refractivity contribution in [3.05, 3.63) is 23.8 Å². The summed E-state index contributed by atoms with van der Waals surface area (Å²) in [7, 11) is -4.22. The average molecular weight is 396 g/mol. The minimum atomic E-state index is -4.22. The number of fused-ring (bicyclic) bond motifs is 1. The molecule has 2 rings (SSSR count). The second-order valence-corrected chi connectivity index (χ2v) is 8.37. The number of anilines is 1. The number of hydrogen-bond donors (Lipinski definition) is 2. The first-order chi connectivity index (χ1) is 11.0. The summed E-state index contributed by atoms with van der Waals surface area (Å²) in [5.41, 5.74) is 1.66. The van der Waals surface area contributed by atoms with Gasteiger partial charge in [0.15, 0.2) is 0 Å². The van der Waals surface area contributed by atoms with Crippen LogP contribution < -0.4 is 56.3 Å². The quantitative estimate of drug-likeness (QED) is 0.389. The number of carbonyl (C=O) groups is 1. The standard InChI is InChI=1S/C17H25NO5S.K.H/c1-12-17(2,3)14-11-13(24(21,22)23)8-9-15(14)18(12)10-6-4-5-7-16(19)20;;/h8-9,11-12H,4-7,10H2,1-3H3,(H,19,20)(H,21,22,23);;/q;+1;-1. The monoisotopic (exact) mass is 395 g/mol. The molecule has 1 aliphatic rings. The maximum atomic E-state index is 11.4. The number of rotatable bonds is 7. The predicted molar refractivity (Wildman–Crippen MR) is 93.3 cm³/mol. The number of aliphatic carboxylic acids is 1.